The zero-order chi connectivity index (χ0) is 23.8. The molecule has 0 amide bonds. The number of halogens is 1. The molecule has 1 aliphatic rings. The van der Waals surface area contributed by atoms with Crippen LogP contribution in [0.4, 0.5) is 5.69 Å². The van der Waals surface area contributed by atoms with Crippen LogP contribution in [-0.2, 0) is 0 Å². The zero-order valence-electron chi connectivity index (χ0n) is 17.7. The molecule has 0 saturated carbocycles. The predicted molar refractivity (Wildman–Crippen MR) is 134 cm³/mol. The third-order valence-electron chi connectivity index (χ3n) is 5.77. The van der Waals surface area contributed by atoms with Crippen LogP contribution in [0.5, 0.6) is 5.75 Å². The number of phenols is 1. The Hall–Kier alpha value is -3.88. The summed E-state index contributed by atoms with van der Waals surface area (Å²) >= 11 is 12.0. The Morgan fingerprint density at radius 1 is 1.06 bits per heavy atom. The van der Waals surface area contributed by atoms with Crippen LogP contribution in [0.3, 0.4) is 0 Å². The summed E-state index contributed by atoms with van der Waals surface area (Å²) in [7, 11) is 0. The molecule has 3 heterocycles. The second-order valence-electron chi connectivity index (χ2n) is 7.78. The monoisotopic (exact) mass is 490 g/mol. The molecule has 3 N–H and O–H groups in total. The second kappa shape index (κ2) is 8.81. The van der Waals surface area contributed by atoms with Crippen molar-refractivity contribution in [2.24, 2.45) is 0 Å². The average molecular weight is 491 g/mol. The lowest BCUT2D eigenvalue weighted by atomic mass is 10.0. The van der Waals surface area contributed by atoms with Crippen molar-refractivity contribution >= 4 is 40.6 Å². The fraction of sp³-hybridized carbons (Fsp3) is 0.0800. The van der Waals surface area contributed by atoms with Gasteiger partial charge in [-0.05, 0) is 78.9 Å². The molecule has 2 aromatic heterocycles. The Labute approximate surface area is 205 Å². The van der Waals surface area contributed by atoms with Crippen LogP contribution in [-0.4, -0.2) is 30.8 Å². The van der Waals surface area contributed by atoms with Crippen molar-refractivity contribution in [3.8, 4) is 11.4 Å². The van der Waals surface area contributed by atoms with Gasteiger partial charge in [-0.15, -0.1) is 0 Å². The predicted octanol–water partition coefficient (Wildman–Crippen LogP) is 5.11. The molecule has 1 fully saturated rings. The molecule has 34 heavy (non-hydrogen) atoms. The standard InChI is InChI=1S/C25H19ClN4O3S/c26-16-8-11-21(31)20(14-16)30-23(22(28-25(30)34)18-4-1-2-12-27-18)19-5-3-13-29(19)17-9-6-15(7-10-17)24(32)33/h1-14,22-23,31H,(H,28,34)(H,32,33). The highest BCUT2D eigenvalue weighted by atomic mass is 35.5. The number of nitrogens with zero attached hydrogens (tertiary/aromatic N) is 3. The van der Waals surface area contributed by atoms with Gasteiger partial charge in [0.1, 0.15) is 11.8 Å². The van der Waals surface area contributed by atoms with Crippen LogP contribution in [0.15, 0.2) is 85.2 Å². The Morgan fingerprint density at radius 2 is 1.85 bits per heavy atom. The van der Waals surface area contributed by atoms with Gasteiger partial charge in [-0.1, -0.05) is 17.7 Å². The van der Waals surface area contributed by atoms with Crippen LogP contribution < -0.4 is 10.2 Å². The fourth-order valence-electron chi connectivity index (χ4n) is 4.24. The Balaban J connectivity index is 1.67. The van der Waals surface area contributed by atoms with Gasteiger partial charge in [0, 0.05) is 28.8 Å². The van der Waals surface area contributed by atoms with Gasteiger partial charge in [-0.2, -0.15) is 0 Å². The van der Waals surface area contributed by atoms with Crippen LogP contribution >= 0.6 is 23.8 Å². The maximum absolute atomic E-state index is 11.3. The van der Waals surface area contributed by atoms with Crippen LogP contribution in [0.25, 0.3) is 5.69 Å². The van der Waals surface area contributed by atoms with E-state index in [0.717, 1.165) is 17.1 Å². The number of pyridine rings is 1. The number of anilines is 1. The number of carboxylic acid groups (broad SMARTS) is 1. The molecule has 0 radical (unpaired) electrons. The summed E-state index contributed by atoms with van der Waals surface area (Å²) in [6.07, 6.45) is 3.62. The van der Waals surface area contributed by atoms with Crippen LogP contribution in [0.2, 0.25) is 5.02 Å². The van der Waals surface area contributed by atoms with E-state index in [-0.39, 0.29) is 23.4 Å². The van der Waals surface area contributed by atoms with Crippen LogP contribution in [0.1, 0.15) is 33.8 Å². The second-order valence-corrected chi connectivity index (χ2v) is 8.61. The molecule has 0 spiro atoms. The third-order valence-corrected chi connectivity index (χ3v) is 6.32. The Morgan fingerprint density at radius 3 is 2.56 bits per heavy atom. The van der Waals surface area contributed by atoms with Crippen molar-refractivity contribution in [3.05, 3.63) is 107 Å². The molecule has 1 saturated heterocycles. The lowest BCUT2D eigenvalue weighted by Crippen LogP contribution is -2.30. The number of carboxylic acids is 1. The number of hydrogen-bond donors (Lipinski definition) is 3. The molecule has 2 aromatic carbocycles. The molecule has 2 unspecified atom stereocenters. The summed E-state index contributed by atoms with van der Waals surface area (Å²) in [5.74, 6) is -0.938. The van der Waals surface area contributed by atoms with Gasteiger partial charge in [0.15, 0.2) is 5.11 Å². The van der Waals surface area contributed by atoms with Crippen molar-refractivity contribution in [1.82, 2.24) is 14.9 Å². The lowest BCUT2D eigenvalue weighted by molar-refractivity contribution is 0.0697. The first-order valence-corrected chi connectivity index (χ1v) is 11.2. The smallest absolute Gasteiger partial charge is 0.335 e. The Bertz CT molecular complexity index is 1370. The number of aromatic nitrogens is 2. The maximum atomic E-state index is 11.3. The van der Waals surface area contributed by atoms with Gasteiger partial charge < -0.3 is 25.0 Å². The van der Waals surface area contributed by atoms with Gasteiger partial charge in [-0.3, -0.25) is 4.98 Å². The topological polar surface area (TPSA) is 90.6 Å². The van der Waals surface area contributed by atoms with Crippen molar-refractivity contribution in [2.45, 2.75) is 12.1 Å². The van der Waals surface area contributed by atoms with E-state index in [2.05, 4.69) is 10.3 Å². The Kier molecular flexibility index (Phi) is 5.69. The number of aromatic hydroxyl groups is 1. The van der Waals surface area contributed by atoms with Gasteiger partial charge >= 0.3 is 5.97 Å². The van der Waals surface area contributed by atoms with E-state index in [9.17, 15) is 15.0 Å². The van der Waals surface area contributed by atoms with Gasteiger partial charge in [-0.25, -0.2) is 4.79 Å². The summed E-state index contributed by atoms with van der Waals surface area (Å²) in [6.45, 7) is 0. The van der Waals surface area contributed by atoms with Crippen molar-refractivity contribution in [2.75, 3.05) is 4.90 Å². The SMILES string of the molecule is O=C(O)c1ccc(-n2cccc2C2C(c3ccccn3)NC(=S)N2c2cc(Cl)ccc2O)cc1. The summed E-state index contributed by atoms with van der Waals surface area (Å²) in [5, 5.41) is 24.2. The van der Waals surface area contributed by atoms with Gasteiger partial charge in [0.25, 0.3) is 0 Å². The molecule has 0 bridgehead atoms. The van der Waals surface area contributed by atoms with E-state index in [0.29, 0.717) is 15.8 Å². The number of carbonyl (C=O) groups is 1. The first-order valence-electron chi connectivity index (χ1n) is 10.4. The first-order chi connectivity index (χ1) is 16.4. The van der Waals surface area contributed by atoms with E-state index in [1.807, 2.05) is 46.0 Å². The number of thiocarbonyl (C=S) groups is 1. The third kappa shape index (κ3) is 3.87. The maximum Gasteiger partial charge on any atom is 0.335 e. The highest BCUT2D eigenvalue weighted by molar-refractivity contribution is 7.80. The molecule has 4 aromatic rings. The number of aromatic carboxylic acids is 1. The lowest BCUT2D eigenvalue weighted by Gasteiger charge is -2.29. The molecular weight excluding hydrogens is 472 g/mol. The molecule has 0 aliphatic carbocycles. The number of benzene rings is 2. The molecule has 2 atom stereocenters. The highest BCUT2D eigenvalue weighted by Gasteiger charge is 2.43. The molecule has 9 heteroatoms. The zero-order valence-corrected chi connectivity index (χ0v) is 19.2. The van der Waals surface area contributed by atoms with E-state index in [1.54, 1.807) is 42.6 Å². The van der Waals surface area contributed by atoms with E-state index >= 15 is 0 Å². The van der Waals surface area contributed by atoms with Crippen molar-refractivity contribution < 1.29 is 15.0 Å². The first kappa shape index (κ1) is 21.9. The quantitative estimate of drug-likeness (QED) is 0.335. The molecule has 5 rings (SSSR count). The minimum Gasteiger partial charge on any atom is -0.506 e. The summed E-state index contributed by atoms with van der Waals surface area (Å²) in [4.78, 5) is 17.7. The largest absolute Gasteiger partial charge is 0.506 e. The molecule has 1 aliphatic heterocycles. The molecular formula is C25H19ClN4O3S. The normalized spacial score (nSPS) is 17.6. The van der Waals surface area contributed by atoms with E-state index < -0.39 is 5.97 Å². The number of phenolic OH excluding ortho intramolecular Hbond substituents is 1. The highest BCUT2D eigenvalue weighted by Crippen LogP contribution is 2.45. The fourth-order valence-corrected chi connectivity index (χ4v) is 4.74. The number of nitrogens with one attached hydrogen (secondary N) is 1. The van der Waals surface area contributed by atoms with E-state index in [1.165, 1.54) is 6.07 Å². The summed E-state index contributed by atoms with van der Waals surface area (Å²) in [5.41, 5.74) is 3.12. The minimum absolute atomic E-state index is 0.0455. The molecule has 170 valence electrons. The minimum atomic E-state index is -0.984. The number of rotatable bonds is 5. The molecule has 7 nitrogen and oxygen atoms in total. The summed E-state index contributed by atoms with van der Waals surface area (Å²) < 4.78 is 1.97. The van der Waals surface area contributed by atoms with Crippen molar-refractivity contribution in [3.63, 3.8) is 0 Å². The van der Waals surface area contributed by atoms with Gasteiger partial charge in [0.2, 0.25) is 0 Å². The van der Waals surface area contributed by atoms with E-state index in [4.69, 9.17) is 23.8 Å². The number of hydrogen-bond acceptors (Lipinski definition) is 4. The van der Waals surface area contributed by atoms with Crippen molar-refractivity contribution in [1.29, 1.82) is 0 Å². The summed E-state index contributed by atoms with van der Waals surface area (Å²) in [6, 6.07) is 20.3. The van der Waals surface area contributed by atoms with Crippen LogP contribution in [0, 0.1) is 0 Å². The average Bonchev–Trinajstić information content (AvgIpc) is 3.45. The van der Waals surface area contributed by atoms with Gasteiger partial charge in [0.05, 0.1) is 23.0 Å².